The van der Waals surface area contributed by atoms with Gasteiger partial charge in [0.2, 0.25) is 5.91 Å². The van der Waals surface area contributed by atoms with E-state index in [2.05, 4.69) is 15.5 Å². The number of amides is 1. The molecule has 0 aliphatic heterocycles. The van der Waals surface area contributed by atoms with Gasteiger partial charge in [0.25, 0.3) is 0 Å². The lowest BCUT2D eigenvalue weighted by Gasteiger charge is -2.14. The highest BCUT2D eigenvalue weighted by atomic mass is 35.5. The van der Waals surface area contributed by atoms with Crippen LogP contribution in [-0.4, -0.2) is 25.5 Å². The third-order valence-electron chi connectivity index (χ3n) is 3.82. The van der Waals surface area contributed by atoms with Crippen molar-refractivity contribution in [3.63, 3.8) is 0 Å². The van der Waals surface area contributed by atoms with E-state index in [-0.39, 0.29) is 5.91 Å². The van der Waals surface area contributed by atoms with Gasteiger partial charge >= 0.3 is 0 Å². The number of nitrogens with zero attached hydrogens (tertiary/aromatic N) is 4. The fraction of sp³-hybridized carbons (Fsp3) is 0.235. The van der Waals surface area contributed by atoms with E-state index in [1.54, 1.807) is 29.2 Å². The maximum Gasteiger partial charge on any atom is 0.250 e. The Morgan fingerprint density at radius 2 is 2.15 bits per heavy atom. The Labute approximate surface area is 159 Å². The van der Waals surface area contributed by atoms with Gasteiger partial charge < -0.3 is 5.32 Å². The molecule has 2 aromatic heterocycles. The average Bonchev–Trinajstić information content (AvgIpc) is 3.20. The Hall–Kier alpha value is -2.38. The number of hydrogen-bond donors (Lipinski definition) is 1. The smallest absolute Gasteiger partial charge is 0.250 e. The first-order chi connectivity index (χ1) is 12.5. The van der Waals surface area contributed by atoms with Crippen molar-refractivity contribution >= 4 is 34.9 Å². The van der Waals surface area contributed by atoms with Crippen molar-refractivity contribution in [1.29, 1.82) is 0 Å². The maximum absolute atomic E-state index is 13.1. The van der Waals surface area contributed by atoms with Crippen LogP contribution in [0, 0.1) is 5.82 Å². The minimum Gasteiger partial charge on any atom is -0.307 e. The number of benzene rings is 1. The third-order valence-corrected chi connectivity index (χ3v) is 4.37. The number of hydrogen-bond acceptors (Lipinski definition) is 3. The van der Waals surface area contributed by atoms with Crippen LogP contribution in [0.15, 0.2) is 42.9 Å². The summed E-state index contributed by atoms with van der Waals surface area (Å²) in [6.45, 7) is 2.25. The number of aromatic nitrogens is 4. The van der Waals surface area contributed by atoms with E-state index >= 15 is 0 Å². The van der Waals surface area contributed by atoms with Crippen LogP contribution < -0.4 is 5.32 Å². The van der Waals surface area contributed by atoms with Gasteiger partial charge in [-0.05, 0) is 24.1 Å². The summed E-state index contributed by atoms with van der Waals surface area (Å²) >= 11 is 11.9. The number of rotatable bonds is 6. The van der Waals surface area contributed by atoms with E-state index in [4.69, 9.17) is 23.2 Å². The molecule has 3 aromatic rings. The molecule has 0 saturated heterocycles. The van der Waals surface area contributed by atoms with E-state index in [0.29, 0.717) is 28.8 Å². The lowest BCUT2D eigenvalue weighted by atomic mass is 10.2. The van der Waals surface area contributed by atoms with Crippen LogP contribution in [0.3, 0.4) is 0 Å². The number of nitrogens with one attached hydrogen (secondary N) is 1. The fourth-order valence-electron chi connectivity index (χ4n) is 2.53. The predicted octanol–water partition coefficient (Wildman–Crippen LogP) is 4.16. The van der Waals surface area contributed by atoms with E-state index in [1.165, 1.54) is 23.0 Å². The van der Waals surface area contributed by atoms with Crippen LogP contribution in [-0.2, 0) is 11.3 Å². The van der Waals surface area contributed by atoms with Crippen LogP contribution in [0.2, 0.25) is 10.0 Å². The molecule has 1 atom stereocenters. The molecule has 0 fully saturated rings. The van der Waals surface area contributed by atoms with Crippen molar-refractivity contribution in [1.82, 2.24) is 19.6 Å². The highest BCUT2D eigenvalue weighted by Gasteiger charge is 2.20. The summed E-state index contributed by atoms with van der Waals surface area (Å²) in [4.78, 5) is 12.5. The minimum absolute atomic E-state index is 0.239. The van der Waals surface area contributed by atoms with Gasteiger partial charge in [0.1, 0.15) is 11.9 Å². The van der Waals surface area contributed by atoms with Crippen molar-refractivity contribution in [2.45, 2.75) is 25.9 Å². The molecule has 2 heterocycles. The topological polar surface area (TPSA) is 64.7 Å². The molecule has 9 heteroatoms. The van der Waals surface area contributed by atoms with Gasteiger partial charge in [-0.15, -0.1) is 0 Å². The van der Waals surface area contributed by atoms with Crippen LogP contribution in [0.1, 0.15) is 24.9 Å². The van der Waals surface area contributed by atoms with Gasteiger partial charge in [0.15, 0.2) is 5.82 Å². The molecule has 6 nitrogen and oxygen atoms in total. The molecule has 1 N–H and O–H groups in total. The molecule has 0 radical (unpaired) electrons. The monoisotopic (exact) mass is 395 g/mol. The van der Waals surface area contributed by atoms with Gasteiger partial charge in [-0.2, -0.15) is 10.2 Å². The first kappa shape index (κ1) is 18.4. The summed E-state index contributed by atoms with van der Waals surface area (Å²) in [6.07, 6.45) is 5.35. The van der Waals surface area contributed by atoms with E-state index in [9.17, 15) is 9.18 Å². The second-order valence-corrected chi connectivity index (χ2v) is 6.53. The number of carbonyl (C=O) groups is 1. The molecule has 0 aliphatic rings. The Morgan fingerprint density at radius 1 is 1.35 bits per heavy atom. The largest absolute Gasteiger partial charge is 0.307 e. The average molecular weight is 396 g/mol. The highest BCUT2D eigenvalue weighted by Crippen LogP contribution is 2.19. The van der Waals surface area contributed by atoms with Gasteiger partial charge in [-0.3, -0.25) is 14.2 Å². The first-order valence-corrected chi connectivity index (χ1v) is 8.69. The second-order valence-electron chi connectivity index (χ2n) is 5.69. The molecule has 0 aliphatic carbocycles. The quantitative estimate of drug-likeness (QED) is 0.681. The lowest BCUT2D eigenvalue weighted by molar-refractivity contribution is -0.119. The molecular formula is C17H16Cl2FN5O. The molecule has 0 saturated carbocycles. The third kappa shape index (κ3) is 4.23. The summed E-state index contributed by atoms with van der Waals surface area (Å²) < 4.78 is 16.2. The van der Waals surface area contributed by atoms with E-state index < -0.39 is 11.9 Å². The van der Waals surface area contributed by atoms with Crippen LogP contribution >= 0.6 is 23.2 Å². The summed E-state index contributed by atoms with van der Waals surface area (Å²) in [5.41, 5.74) is 0.728. The van der Waals surface area contributed by atoms with Crippen molar-refractivity contribution in [2.75, 3.05) is 5.32 Å². The molecule has 136 valence electrons. The van der Waals surface area contributed by atoms with E-state index in [0.717, 1.165) is 5.56 Å². The van der Waals surface area contributed by atoms with Crippen molar-refractivity contribution in [2.24, 2.45) is 0 Å². The normalized spacial score (nSPS) is 12.2. The Balaban J connectivity index is 1.68. The van der Waals surface area contributed by atoms with Gasteiger partial charge in [-0.1, -0.05) is 36.2 Å². The Kier molecular flexibility index (Phi) is 5.58. The summed E-state index contributed by atoms with van der Waals surface area (Å²) in [6, 6.07) is 5.39. The van der Waals surface area contributed by atoms with Crippen LogP contribution in [0.5, 0.6) is 0 Å². The first-order valence-electron chi connectivity index (χ1n) is 7.94. The predicted molar refractivity (Wildman–Crippen MR) is 97.9 cm³/mol. The van der Waals surface area contributed by atoms with Crippen molar-refractivity contribution < 1.29 is 9.18 Å². The molecule has 0 bridgehead atoms. The second kappa shape index (κ2) is 7.88. The van der Waals surface area contributed by atoms with E-state index in [1.807, 2.05) is 6.92 Å². The Bertz CT molecular complexity index is 924. The molecule has 1 aromatic carbocycles. The highest BCUT2D eigenvalue weighted by molar-refractivity contribution is 6.31. The van der Waals surface area contributed by atoms with Gasteiger partial charge in [-0.25, -0.2) is 4.39 Å². The molecule has 1 unspecified atom stereocenters. The SMILES string of the molecule is CCC(C(=O)Nc1ccn(Cc2ccc(F)cc2Cl)n1)n1cc(Cl)cn1. The zero-order valence-electron chi connectivity index (χ0n) is 13.9. The van der Waals surface area contributed by atoms with Crippen molar-refractivity contribution in [3.05, 3.63) is 64.3 Å². The standard InChI is InChI=1S/C17H16Cl2FN5O/c1-2-15(25-10-12(18)8-21-25)17(26)22-16-5-6-24(23-16)9-11-3-4-13(20)7-14(11)19/h3-8,10,15H,2,9H2,1H3,(H,22,23,26). The molecular weight excluding hydrogens is 380 g/mol. The van der Waals surface area contributed by atoms with Crippen molar-refractivity contribution in [3.8, 4) is 0 Å². The number of halogens is 3. The zero-order valence-corrected chi connectivity index (χ0v) is 15.4. The maximum atomic E-state index is 13.1. The minimum atomic E-state index is -0.487. The Morgan fingerprint density at radius 3 is 2.81 bits per heavy atom. The summed E-state index contributed by atoms with van der Waals surface area (Å²) in [5.74, 6) is -0.223. The fourth-order valence-corrected chi connectivity index (χ4v) is 2.90. The molecule has 26 heavy (non-hydrogen) atoms. The van der Waals surface area contributed by atoms with Crippen LogP contribution in [0.4, 0.5) is 10.2 Å². The van der Waals surface area contributed by atoms with Gasteiger partial charge in [0, 0.05) is 23.5 Å². The lowest BCUT2D eigenvalue weighted by Crippen LogP contribution is -2.26. The number of carbonyl (C=O) groups excluding carboxylic acids is 1. The van der Waals surface area contributed by atoms with Gasteiger partial charge in [0.05, 0.1) is 17.8 Å². The number of anilines is 1. The molecule has 3 rings (SSSR count). The summed E-state index contributed by atoms with van der Waals surface area (Å²) in [7, 11) is 0. The van der Waals surface area contributed by atoms with Crippen LogP contribution in [0.25, 0.3) is 0 Å². The molecule has 0 spiro atoms. The molecule has 1 amide bonds. The summed E-state index contributed by atoms with van der Waals surface area (Å²) in [5, 5.41) is 11.9. The zero-order chi connectivity index (χ0) is 18.7.